The molecule has 0 aromatic heterocycles. The molecule has 1 fully saturated rings. The maximum atomic E-state index is 10.5. The monoisotopic (exact) mass is 213 g/mol. The lowest BCUT2D eigenvalue weighted by Gasteiger charge is -2.28. The molecule has 0 aliphatic heterocycles. The van der Waals surface area contributed by atoms with Gasteiger partial charge in [-0.1, -0.05) is 40.0 Å². The first-order valence-electron chi connectivity index (χ1n) is 6.51. The summed E-state index contributed by atoms with van der Waals surface area (Å²) in [4.78, 5) is 0. The maximum Gasteiger partial charge on any atom is 0.0771 e. The predicted octanol–water partition coefficient (Wildman–Crippen LogP) is 2.71. The molecule has 2 atom stereocenters. The van der Waals surface area contributed by atoms with Gasteiger partial charge in [-0.05, 0) is 25.2 Å². The molecule has 2 nitrogen and oxygen atoms in total. The van der Waals surface area contributed by atoms with Crippen LogP contribution in [0.3, 0.4) is 0 Å². The fourth-order valence-corrected chi connectivity index (χ4v) is 2.44. The fraction of sp³-hybridized carbons (Fsp3) is 1.00. The summed E-state index contributed by atoms with van der Waals surface area (Å²) in [6.45, 7) is 7.30. The summed E-state index contributed by atoms with van der Waals surface area (Å²) < 4.78 is 0. The summed E-state index contributed by atoms with van der Waals surface area (Å²) in [7, 11) is 0. The average Bonchev–Trinajstić information content (AvgIpc) is 2.38. The van der Waals surface area contributed by atoms with E-state index < -0.39 is 5.60 Å². The van der Waals surface area contributed by atoms with Gasteiger partial charge in [-0.3, -0.25) is 0 Å². The van der Waals surface area contributed by atoms with Crippen LogP contribution < -0.4 is 5.32 Å². The first-order valence-corrected chi connectivity index (χ1v) is 6.51. The molecule has 0 amide bonds. The van der Waals surface area contributed by atoms with Gasteiger partial charge in [0.15, 0.2) is 0 Å². The molecule has 0 bridgehead atoms. The largest absolute Gasteiger partial charge is 0.389 e. The Morgan fingerprint density at radius 2 is 2.07 bits per heavy atom. The Labute approximate surface area is 94.5 Å². The van der Waals surface area contributed by atoms with Gasteiger partial charge in [-0.15, -0.1) is 0 Å². The minimum absolute atomic E-state index is 0.436. The quantitative estimate of drug-likeness (QED) is 0.704. The van der Waals surface area contributed by atoms with Gasteiger partial charge >= 0.3 is 0 Å². The van der Waals surface area contributed by atoms with Crippen LogP contribution in [-0.2, 0) is 0 Å². The Morgan fingerprint density at radius 1 is 1.33 bits per heavy atom. The maximum absolute atomic E-state index is 10.5. The molecule has 2 heteroatoms. The zero-order valence-corrected chi connectivity index (χ0v) is 10.6. The van der Waals surface area contributed by atoms with Crippen LogP contribution in [-0.4, -0.2) is 23.3 Å². The third-order valence-corrected chi connectivity index (χ3v) is 3.69. The number of aliphatic hydroxyl groups is 1. The summed E-state index contributed by atoms with van der Waals surface area (Å²) >= 11 is 0. The molecule has 1 rings (SSSR count). The van der Waals surface area contributed by atoms with Gasteiger partial charge in [0.2, 0.25) is 0 Å². The molecule has 1 saturated carbocycles. The normalized spacial score (nSPS) is 33.0. The zero-order valence-electron chi connectivity index (χ0n) is 10.6. The molecule has 1 aliphatic rings. The van der Waals surface area contributed by atoms with Crippen molar-refractivity contribution >= 4 is 0 Å². The molecule has 2 unspecified atom stereocenters. The van der Waals surface area contributed by atoms with Crippen molar-refractivity contribution in [3.8, 4) is 0 Å². The third kappa shape index (κ3) is 4.52. The molecule has 0 aromatic carbocycles. The fourth-order valence-electron chi connectivity index (χ4n) is 2.44. The minimum Gasteiger partial charge on any atom is -0.389 e. The van der Waals surface area contributed by atoms with E-state index >= 15 is 0 Å². The van der Waals surface area contributed by atoms with Crippen LogP contribution in [0.4, 0.5) is 0 Å². The molecule has 90 valence electrons. The standard InChI is InChI=1S/C13H27NO/c1-4-12-6-5-8-13(15,9-7-12)10-14-11(2)3/h11-12,14-15H,4-10H2,1-3H3. The third-order valence-electron chi connectivity index (χ3n) is 3.69. The average molecular weight is 213 g/mol. The SMILES string of the molecule is CCC1CCCC(O)(CNC(C)C)CC1. The van der Waals surface area contributed by atoms with Crippen LogP contribution in [0, 0.1) is 5.92 Å². The Kier molecular flexibility index (Phi) is 5.07. The Morgan fingerprint density at radius 3 is 2.67 bits per heavy atom. The van der Waals surface area contributed by atoms with Crippen molar-refractivity contribution in [2.45, 2.75) is 70.9 Å². The smallest absolute Gasteiger partial charge is 0.0771 e. The van der Waals surface area contributed by atoms with Crippen LogP contribution in [0.15, 0.2) is 0 Å². The van der Waals surface area contributed by atoms with Gasteiger partial charge in [-0.25, -0.2) is 0 Å². The Balaban J connectivity index is 2.39. The van der Waals surface area contributed by atoms with Crippen LogP contribution in [0.25, 0.3) is 0 Å². The van der Waals surface area contributed by atoms with Crippen LogP contribution in [0.2, 0.25) is 0 Å². The van der Waals surface area contributed by atoms with E-state index in [1.807, 2.05) is 0 Å². The van der Waals surface area contributed by atoms with Crippen molar-refractivity contribution < 1.29 is 5.11 Å². The Hall–Kier alpha value is -0.0800. The van der Waals surface area contributed by atoms with E-state index in [2.05, 4.69) is 26.1 Å². The second-order valence-electron chi connectivity index (χ2n) is 5.47. The molecule has 0 radical (unpaired) electrons. The molecule has 0 aromatic rings. The second-order valence-corrected chi connectivity index (χ2v) is 5.47. The van der Waals surface area contributed by atoms with Crippen molar-refractivity contribution in [3.63, 3.8) is 0 Å². The number of hydrogen-bond donors (Lipinski definition) is 2. The molecule has 0 heterocycles. The summed E-state index contributed by atoms with van der Waals surface area (Å²) in [5, 5.41) is 13.8. The second kappa shape index (κ2) is 5.86. The van der Waals surface area contributed by atoms with Crippen LogP contribution >= 0.6 is 0 Å². The van der Waals surface area contributed by atoms with Gasteiger partial charge in [-0.2, -0.15) is 0 Å². The molecule has 15 heavy (non-hydrogen) atoms. The highest BCUT2D eigenvalue weighted by Gasteiger charge is 2.30. The Bertz CT molecular complexity index is 181. The molecule has 2 N–H and O–H groups in total. The number of hydrogen-bond acceptors (Lipinski definition) is 2. The highest BCUT2D eigenvalue weighted by atomic mass is 16.3. The van der Waals surface area contributed by atoms with Crippen molar-refractivity contribution in [2.75, 3.05) is 6.54 Å². The summed E-state index contributed by atoms with van der Waals surface area (Å²) in [5.74, 6) is 0.845. The molecular formula is C13H27NO. The highest BCUT2D eigenvalue weighted by molar-refractivity contribution is 4.85. The summed E-state index contributed by atoms with van der Waals surface area (Å²) in [6, 6.07) is 0.472. The lowest BCUT2D eigenvalue weighted by Crippen LogP contribution is -2.42. The first-order chi connectivity index (χ1) is 7.06. The van der Waals surface area contributed by atoms with Crippen molar-refractivity contribution in [3.05, 3.63) is 0 Å². The van der Waals surface area contributed by atoms with Crippen LogP contribution in [0.1, 0.15) is 59.3 Å². The van der Waals surface area contributed by atoms with E-state index in [0.717, 1.165) is 25.3 Å². The van der Waals surface area contributed by atoms with Gasteiger partial charge < -0.3 is 10.4 Å². The predicted molar refractivity (Wildman–Crippen MR) is 65.0 cm³/mol. The summed E-state index contributed by atoms with van der Waals surface area (Å²) in [5.41, 5.74) is -0.436. The topological polar surface area (TPSA) is 32.3 Å². The van der Waals surface area contributed by atoms with E-state index in [0.29, 0.717) is 6.04 Å². The number of nitrogens with one attached hydrogen (secondary N) is 1. The van der Waals surface area contributed by atoms with E-state index in [4.69, 9.17) is 0 Å². The number of rotatable bonds is 4. The van der Waals surface area contributed by atoms with E-state index in [-0.39, 0.29) is 0 Å². The van der Waals surface area contributed by atoms with Crippen molar-refractivity contribution in [2.24, 2.45) is 5.92 Å². The van der Waals surface area contributed by atoms with Gasteiger partial charge in [0.25, 0.3) is 0 Å². The first kappa shape index (κ1) is 13.0. The molecule has 0 spiro atoms. The van der Waals surface area contributed by atoms with Crippen molar-refractivity contribution in [1.29, 1.82) is 0 Å². The molecule has 0 saturated heterocycles. The minimum atomic E-state index is -0.436. The molecule has 1 aliphatic carbocycles. The van der Waals surface area contributed by atoms with Gasteiger partial charge in [0.05, 0.1) is 5.60 Å². The van der Waals surface area contributed by atoms with Crippen LogP contribution in [0.5, 0.6) is 0 Å². The zero-order chi connectivity index (χ0) is 11.3. The van der Waals surface area contributed by atoms with Gasteiger partial charge in [0, 0.05) is 12.6 Å². The highest BCUT2D eigenvalue weighted by Crippen LogP contribution is 2.31. The van der Waals surface area contributed by atoms with E-state index in [1.165, 1.54) is 25.7 Å². The lowest BCUT2D eigenvalue weighted by atomic mass is 9.92. The lowest BCUT2D eigenvalue weighted by molar-refractivity contribution is 0.0226. The van der Waals surface area contributed by atoms with Gasteiger partial charge in [0.1, 0.15) is 0 Å². The molecular weight excluding hydrogens is 186 g/mol. The van der Waals surface area contributed by atoms with E-state index in [1.54, 1.807) is 0 Å². The summed E-state index contributed by atoms with van der Waals surface area (Å²) in [6.07, 6.45) is 6.92. The van der Waals surface area contributed by atoms with E-state index in [9.17, 15) is 5.11 Å². The van der Waals surface area contributed by atoms with Crippen molar-refractivity contribution in [1.82, 2.24) is 5.32 Å².